The average Bonchev–Trinajstić information content (AvgIpc) is 3.46. The van der Waals surface area contributed by atoms with Crippen LogP contribution >= 0.6 is 0 Å². The van der Waals surface area contributed by atoms with Gasteiger partial charge in [-0.15, -0.1) is 0 Å². The minimum Gasteiger partial charge on any atom is -0.348 e. The second-order valence-electron chi connectivity index (χ2n) is 8.81. The average molecular weight is 479 g/mol. The molecule has 0 spiro atoms. The molecule has 5 rings (SSSR count). The van der Waals surface area contributed by atoms with E-state index in [2.05, 4.69) is 17.4 Å². The molecule has 1 saturated heterocycles. The van der Waals surface area contributed by atoms with Gasteiger partial charge in [0.2, 0.25) is 11.8 Å². The largest absolute Gasteiger partial charge is 0.348 e. The van der Waals surface area contributed by atoms with Gasteiger partial charge in [-0.3, -0.25) is 24.0 Å². The topological polar surface area (TPSA) is 84.3 Å². The van der Waals surface area contributed by atoms with Crippen LogP contribution in [-0.4, -0.2) is 32.4 Å². The minimum atomic E-state index is -0.204. The Morgan fingerprint density at radius 3 is 2.06 bits per heavy atom. The molecule has 36 heavy (non-hydrogen) atoms. The highest BCUT2D eigenvalue weighted by molar-refractivity contribution is 6.01. The molecule has 0 aliphatic carbocycles. The smallest absolute Gasteiger partial charge is 0.251 e. The summed E-state index contributed by atoms with van der Waals surface area (Å²) in [5.74, 6) is -0.502. The third-order valence-corrected chi connectivity index (χ3v) is 6.22. The summed E-state index contributed by atoms with van der Waals surface area (Å²) in [5.41, 5.74) is 5.21. The van der Waals surface area contributed by atoms with Crippen molar-refractivity contribution in [2.75, 3.05) is 0 Å². The van der Waals surface area contributed by atoms with Crippen LogP contribution in [0.4, 0.5) is 0 Å². The number of imide groups is 1. The number of carbonyl (C=O) groups excluding carboxylic acids is 3. The van der Waals surface area contributed by atoms with E-state index in [-0.39, 0.29) is 37.1 Å². The SMILES string of the molecule is O=C(NCc1cn(Cc2ccccc2)nc1-c1ccccc1)c1ccc(CN2C(=O)CCC2=O)cc1. The maximum Gasteiger partial charge on any atom is 0.251 e. The first-order chi connectivity index (χ1) is 17.6. The van der Waals surface area contributed by atoms with Crippen LogP contribution in [0.5, 0.6) is 0 Å². The first-order valence-electron chi connectivity index (χ1n) is 11.9. The van der Waals surface area contributed by atoms with Crippen LogP contribution in [0.1, 0.15) is 39.9 Å². The van der Waals surface area contributed by atoms with Crippen LogP contribution in [0.15, 0.2) is 91.1 Å². The van der Waals surface area contributed by atoms with E-state index < -0.39 is 0 Å². The van der Waals surface area contributed by atoms with Crippen molar-refractivity contribution in [3.8, 4) is 11.3 Å². The van der Waals surface area contributed by atoms with Crippen LogP contribution < -0.4 is 5.32 Å². The Kier molecular flexibility index (Phi) is 6.71. The summed E-state index contributed by atoms with van der Waals surface area (Å²) in [4.78, 5) is 37.8. The van der Waals surface area contributed by atoms with E-state index in [0.717, 1.165) is 27.9 Å². The van der Waals surface area contributed by atoms with Gasteiger partial charge in [-0.1, -0.05) is 72.8 Å². The molecule has 1 fully saturated rings. The number of amides is 3. The monoisotopic (exact) mass is 478 g/mol. The number of nitrogens with one attached hydrogen (secondary N) is 1. The number of carbonyl (C=O) groups is 3. The summed E-state index contributed by atoms with van der Waals surface area (Å²) in [7, 11) is 0. The first-order valence-corrected chi connectivity index (χ1v) is 11.9. The molecule has 0 atom stereocenters. The lowest BCUT2D eigenvalue weighted by Gasteiger charge is -2.14. The predicted octanol–water partition coefficient (Wildman–Crippen LogP) is 4.18. The standard InChI is InChI=1S/C29H26N4O3/c34-26-15-16-27(35)33(26)19-22-11-13-24(14-12-22)29(36)30-17-25-20-32(18-21-7-3-1-4-8-21)31-28(25)23-9-5-2-6-10-23/h1-14,20H,15-19H2,(H,30,36). The normalized spacial score (nSPS) is 13.3. The Morgan fingerprint density at radius 2 is 1.39 bits per heavy atom. The Bertz CT molecular complexity index is 1360. The lowest BCUT2D eigenvalue weighted by molar-refractivity contribution is -0.139. The molecule has 0 unspecified atom stereocenters. The van der Waals surface area contributed by atoms with Gasteiger partial charge in [-0.25, -0.2) is 0 Å². The van der Waals surface area contributed by atoms with Gasteiger partial charge < -0.3 is 5.32 Å². The fraction of sp³-hybridized carbons (Fsp3) is 0.172. The van der Waals surface area contributed by atoms with Gasteiger partial charge >= 0.3 is 0 Å². The van der Waals surface area contributed by atoms with Crippen molar-refractivity contribution in [3.05, 3.63) is 113 Å². The molecule has 0 saturated carbocycles. The molecule has 7 nitrogen and oxygen atoms in total. The molecule has 0 radical (unpaired) electrons. The third-order valence-electron chi connectivity index (χ3n) is 6.22. The van der Waals surface area contributed by atoms with Crippen LogP contribution in [-0.2, 0) is 29.2 Å². The fourth-order valence-corrected chi connectivity index (χ4v) is 4.30. The van der Waals surface area contributed by atoms with Crippen molar-refractivity contribution in [1.29, 1.82) is 0 Å². The first kappa shape index (κ1) is 23.2. The Labute approximate surface area is 209 Å². The molecule has 2 heterocycles. The van der Waals surface area contributed by atoms with Crippen molar-refractivity contribution in [2.45, 2.75) is 32.5 Å². The number of benzene rings is 3. The van der Waals surface area contributed by atoms with E-state index >= 15 is 0 Å². The Balaban J connectivity index is 1.28. The maximum absolute atomic E-state index is 12.9. The number of hydrogen-bond donors (Lipinski definition) is 1. The van der Waals surface area contributed by atoms with Crippen LogP contribution in [0, 0.1) is 0 Å². The number of aromatic nitrogens is 2. The molecular formula is C29H26N4O3. The maximum atomic E-state index is 12.9. The van der Waals surface area contributed by atoms with E-state index in [9.17, 15) is 14.4 Å². The molecule has 1 N–H and O–H groups in total. The van der Waals surface area contributed by atoms with Gasteiger partial charge in [-0.2, -0.15) is 5.10 Å². The van der Waals surface area contributed by atoms with Gasteiger partial charge in [0.15, 0.2) is 0 Å². The van der Waals surface area contributed by atoms with Crippen LogP contribution in [0.25, 0.3) is 11.3 Å². The highest BCUT2D eigenvalue weighted by atomic mass is 16.2. The molecule has 3 aromatic carbocycles. The quantitative estimate of drug-likeness (QED) is 0.385. The molecule has 1 aliphatic heterocycles. The van der Waals surface area contributed by atoms with Crippen molar-refractivity contribution in [1.82, 2.24) is 20.0 Å². The number of rotatable bonds is 8. The van der Waals surface area contributed by atoms with Gasteiger partial charge in [0.25, 0.3) is 5.91 Å². The minimum absolute atomic E-state index is 0.149. The van der Waals surface area contributed by atoms with E-state index in [0.29, 0.717) is 18.7 Å². The number of nitrogens with zero attached hydrogens (tertiary/aromatic N) is 3. The van der Waals surface area contributed by atoms with Crippen LogP contribution in [0.2, 0.25) is 0 Å². The van der Waals surface area contributed by atoms with E-state index in [4.69, 9.17) is 5.10 Å². The summed E-state index contributed by atoms with van der Waals surface area (Å²) in [6.45, 7) is 1.20. The van der Waals surface area contributed by atoms with Crippen molar-refractivity contribution in [2.24, 2.45) is 0 Å². The molecule has 180 valence electrons. The molecule has 7 heteroatoms. The summed E-state index contributed by atoms with van der Waals surface area (Å²) >= 11 is 0. The number of hydrogen-bond acceptors (Lipinski definition) is 4. The van der Waals surface area contributed by atoms with Gasteiger partial charge in [-0.05, 0) is 23.3 Å². The Morgan fingerprint density at radius 1 is 0.778 bits per heavy atom. The summed E-state index contributed by atoms with van der Waals surface area (Å²) < 4.78 is 1.90. The number of likely N-dealkylation sites (tertiary alicyclic amines) is 1. The lowest BCUT2D eigenvalue weighted by atomic mass is 10.1. The van der Waals surface area contributed by atoms with E-state index in [1.165, 1.54) is 4.90 Å². The third kappa shape index (κ3) is 5.25. The molecular weight excluding hydrogens is 452 g/mol. The van der Waals surface area contributed by atoms with Gasteiger partial charge in [0.1, 0.15) is 0 Å². The molecule has 1 aromatic heterocycles. The molecule has 1 aliphatic rings. The van der Waals surface area contributed by atoms with Crippen molar-refractivity contribution >= 4 is 17.7 Å². The summed E-state index contributed by atoms with van der Waals surface area (Å²) in [6.07, 6.45) is 2.52. The second kappa shape index (κ2) is 10.4. The predicted molar refractivity (Wildman–Crippen MR) is 136 cm³/mol. The molecule has 3 amide bonds. The fourth-order valence-electron chi connectivity index (χ4n) is 4.30. The van der Waals surface area contributed by atoms with E-state index in [1.54, 1.807) is 24.3 Å². The van der Waals surface area contributed by atoms with Gasteiger partial charge in [0, 0.05) is 42.3 Å². The zero-order chi connectivity index (χ0) is 24.9. The summed E-state index contributed by atoms with van der Waals surface area (Å²) in [5, 5.41) is 7.80. The van der Waals surface area contributed by atoms with Crippen molar-refractivity contribution < 1.29 is 14.4 Å². The summed E-state index contributed by atoms with van der Waals surface area (Å²) in [6, 6.07) is 27.0. The van der Waals surface area contributed by atoms with Crippen molar-refractivity contribution in [3.63, 3.8) is 0 Å². The lowest BCUT2D eigenvalue weighted by Crippen LogP contribution is -2.28. The van der Waals surface area contributed by atoms with Gasteiger partial charge in [0.05, 0.1) is 18.8 Å². The molecule has 4 aromatic rings. The highest BCUT2D eigenvalue weighted by Crippen LogP contribution is 2.23. The highest BCUT2D eigenvalue weighted by Gasteiger charge is 2.28. The Hall–Kier alpha value is -4.52. The van der Waals surface area contributed by atoms with Crippen LogP contribution in [0.3, 0.4) is 0 Å². The zero-order valence-corrected chi connectivity index (χ0v) is 19.8. The zero-order valence-electron chi connectivity index (χ0n) is 19.8. The van der Waals surface area contributed by atoms with E-state index in [1.807, 2.05) is 59.4 Å². The molecule has 0 bridgehead atoms. The second-order valence-corrected chi connectivity index (χ2v) is 8.81.